The molecule has 0 aromatic carbocycles. The van der Waals surface area contributed by atoms with Crippen LogP contribution in [0.5, 0.6) is 0 Å². The zero-order valence-electron chi connectivity index (χ0n) is 10.4. The van der Waals surface area contributed by atoms with Crippen LogP contribution in [-0.4, -0.2) is 11.4 Å². The molecule has 2 aliphatic rings. The van der Waals surface area contributed by atoms with Gasteiger partial charge in [-0.25, -0.2) is 4.99 Å². The first-order valence-corrected chi connectivity index (χ1v) is 6.54. The third-order valence-corrected chi connectivity index (χ3v) is 4.19. The van der Waals surface area contributed by atoms with E-state index in [1.165, 1.54) is 25.7 Å². The Bertz CT molecular complexity index is 313. The summed E-state index contributed by atoms with van der Waals surface area (Å²) in [6, 6.07) is 0. The minimum Gasteiger partial charge on any atom is -0.385 e. The molecule has 0 aromatic rings. The fourth-order valence-corrected chi connectivity index (χ4v) is 3.07. The molecule has 3 nitrogen and oxygen atoms in total. The Kier molecular flexibility index (Phi) is 3.22. The van der Waals surface area contributed by atoms with Gasteiger partial charge in [-0.05, 0) is 31.6 Å². The van der Waals surface area contributed by atoms with Gasteiger partial charge in [-0.1, -0.05) is 26.7 Å². The molecule has 1 aliphatic carbocycles. The summed E-state index contributed by atoms with van der Waals surface area (Å²) in [5.74, 6) is 1.47. The monoisotopic (exact) mass is 221 g/mol. The predicted octanol–water partition coefficient (Wildman–Crippen LogP) is 2.54. The Balaban J connectivity index is 2.23. The van der Waals surface area contributed by atoms with Crippen LogP contribution < -0.4 is 11.1 Å². The molecule has 1 atom stereocenters. The van der Waals surface area contributed by atoms with Crippen molar-refractivity contribution in [3.63, 3.8) is 0 Å². The normalized spacial score (nSPS) is 30.9. The molecule has 90 valence electrons. The Labute approximate surface area is 98.2 Å². The molecule has 1 fully saturated rings. The van der Waals surface area contributed by atoms with Crippen LogP contribution in [0.15, 0.2) is 16.9 Å². The first kappa shape index (κ1) is 11.5. The van der Waals surface area contributed by atoms with E-state index in [-0.39, 0.29) is 5.54 Å². The van der Waals surface area contributed by atoms with E-state index >= 15 is 0 Å². The van der Waals surface area contributed by atoms with Gasteiger partial charge in [0.25, 0.3) is 0 Å². The zero-order valence-corrected chi connectivity index (χ0v) is 10.4. The minimum atomic E-state index is -0.0603. The number of aliphatic imine (C=N–C) groups is 1. The number of rotatable bonds is 3. The van der Waals surface area contributed by atoms with Gasteiger partial charge >= 0.3 is 0 Å². The van der Waals surface area contributed by atoms with E-state index in [1.54, 1.807) is 0 Å². The largest absolute Gasteiger partial charge is 0.385 e. The maximum Gasteiger partial charge on any atom is 0.125 e. The van der Waals surface area contributed by atoms with Gasteiger partial charge in [-0.2, -0.15) is 0 Å². The van der Waals surface area contributed by atoms with Crippen molar-refractivity contribution in [3.8, 4) is 0 Å². The maximum absolute atomic E-state index is 6.22. The Morgan fingerprint density at radius 1 is 1.44 bits per heavy atom. The number of hydrogen-bond acceptors (Lipinski definition) is 3. The van der Waals surface area contributed by atoms with Crippen molar-refractivity contribution in [1.29, 1.82) is 0 Å². The highest BCUT2D eigenvalue weighted by molar-refractivity contribution is 5.92. The van der Waals surface area contributed by atoms with Gasteiger partial charge < -0.3 is 11.1 Å². The first-order valence-electron chi connectivity index (χ1n) is 6.54. The number of nitrogens with zero attached hydrogens (tertiary/aromatic N) is 1. The number of amidine groups is 1. The number of hydrogen-bond donors (Lipinski definition) is 2. The maximum atomic E-state index is 6.22. The van der Waals surface area contributed by atoms with Crippen molar-refractivity contribution in [3.05, 3.63) is 11.9 Å². The third-order valence-electron chi connectivity index (χ3n) is 4.19. The van der Waals surface area contributed by atoms with E-state index in [0.29, 0.717) is 5.92 Å². The van der Waals surface area contributed by atoms with Crippen molar-refractivity contribution in [2.75, 3.05) is 0 Å². The Morgan fingerprint density at radius 3 is 2.62 bits per heavy atom. The van der Waals surface area contributed by atoms with Crippen molar-refractivity contribution >= 4 is 5.84 Å². The molecule has 1 unspecified atom stereocenters. The summed E-state index contributed by atoms with van der Waals surface area (Å²) in [4.78, 5) is 4.56. The molecular formula is C13H23N3. The summed E-state index contributed by atoms with van der Waals surface area (Å²) >= 11 is 0. The van der Waals surface area contributed by atoms with Crippen molar-refractivity contribution < 1.29 is 0 Å². The second kappa shape index (κ2) is 4.48. The second-order valence-corrected chi connectivity index (χ2v) is 4.94. The van der Waals surface area contributed by atoms with E-state index in [1.807, 2.05) is 0 Å². The Hall–Kier alpha value is -0.990. The average Bonchev–Trinajstić information content (AvgIpc) is 2.83. The molecule has 0 bridgehead atoms. The SMILES string of the molecule is CCC1=CNC(CC)(C2CCCC2)C(N)=N1. The van der Waals surface area contributed by atoms with Crippen LogP contribution in [0.3, 0.4) is 0 Å². The van der Waals surface area contributed by atoms with Gasteiger partial charge in [0.05, 0.1) is 11.2 Å². The molecular weight excluding hydrogens is 198 g/mol. The molecule has 0 radical (unpaired) electrons. The summed E-state index contributed by atoms with van der Waals surface area (Å²) in [5.41, 5.74) is 7.23. The summed E-state index contributed by atoms with van der Waals surface area (Å²) in [6.45, 7) is 4.32. The second-order valence-electron chi connectivity index (χ2n) is 4.94. The molecule has 1 saturated carbocycles. The first-order chi connectivity index (χ1) is 7.73. The van der Waals surface area contributed by atoms with Crippen LogP contribution in [0.1, 0.15) is 52.4 Å². The molecule has 0 spiro atoms. The molecule has 2 rings (SSSR count). The standard InChI is InChI=1S/C13H23N3/c1-3-11-9-15-13(4-2,12(14)16-11)10-7-5-6-8-10/h9-10,15H,3-8H2,1-2H3,(H2,14,16). The summed E-state index contributed by atoms with van der Waals surface area (Å²) in [5, 5.41) is 3.56. The summed E-state index contributed by atoms with van der Waals surface area (Å²) < 4.78 is 0. The number of nitrogens with two attached hydrogens (primary N) is 1. The highest BCUT2D eigenvalue weighted by Gasteiger charge is 2.42. The fraction of sp³-hybridized carbons (Fsp3) is 0.769. The molecule has 16 heavy (non-hydrogen) atoms. The zero-order chi connectivity index (χ0) is 11.6. The lowest BCUT2D eigenvalue weighted by Crippen LogP contribution is -2.59. The van der Waals surface area contributed by atoms with Gasteiger partial charge in [0.2, 0.25) is 0 Å². The molecule has 0 aromatic heterocycles. The van der Waals surface area contributed by atoms with Gasteiger partial charge in [0.15, 0.2) is 0 Å². The van der Waals surface area contributed by atoms with E-state index in [2.05, 4.69) is 30.4 Å². The van der Waals surface area contributed by atoms with Crippen LogP contribution in [0.4, 0.5) is 0 Å². The fourth-order valence-electron chi connectivity index (χ4n) is 3.07. The van der Waals surface area contributed by atoms with Crippen molar-refractivity contribution in [1.82, 2.24) is 5.32 Å². The molecule has 0 amide bonds. The molecule has 1 aliphatic heterocycles. The molecule has 0 saturated heterocycles. The summed E-state index contributed by atoms with van der Waals surface area (Å²) in [6.07, 6.45) is 9.28. The van der Waals surface area contributed by atoms with E-state index in [9.17, 15) is 0 Å². The van der Waals surface area contributed by atoms with Crippen molar-refractivity contribution in [2.45, 2.75) is 57.9 Å². The quantitative estimate of drug-likeness (QED) is 0.769. The van der Waals surface area contributed by atoms with Crippen LogP contribution in [0, 0.1) is 5.92 Å². The van der Waals surface area contributed by atoms with Gasteiger partial charge in [-0.3, -0.25) is 0 Å². The lowest BCUT2D eigenvalue weighted by molar-refractivity contribution is 0.304. The van der Waals surface area contributed by atoms with Gasteiger partial charge in [-0.15, -0.1) is 0 Å². The number of nitrogens with one attached hydrogen (secondary N) is 1. The molecule has 1 heterocycles. The highest BCUT2D eigenvalue weighted by Crippen LogP contribution is 2.37. The van der Waals surface area contributed by atoms with Crippen LogP contribution in [0.2, 0.25) is 0 Å². The highest BCUT2D eigenvalue weighted by atomic mass is 15.1. The van der Waals surface area contributed by atoms with E-state index in [0.717, 1.165) is 24.4 Å². The number of allylic oxidation sites excluding steroid dienone is 1. The Morgan fingerprint density at radius 2 is 2.12 bits per heavy atom. The average molecular weight is 221 g/mol. The van der Waals surface area contributed by atoms with Crippen LogP contribution in [0.25, 0.3) is 0 Å². The lowest BCUT2D eigenvalue weighted by Gasteiger charge is -2.40. The molecule has 3 N–H and O–H groups in total. The van der Waals surface area contributed by atoms with E-state index < -0.39 is 0 Å². The van der Waals surface area contributed by atoms with E-state index in [4.69, 9.17) is 5.73 Å². The lowest BCUT2D eigenvalue weighted by atomic mass is 9.78. The van der Waals surface area contributed by atoms with Gasteiger partial charge in [0.1, 0.15) is 5.84 Å². The van der Waals surface area contributed by atoms with Crippen LogP contribution in [-0.2, 0) is 0 Å². The molecule has 3 heteroatoms. The topological polar surface area (TPSA) is 50.4 Å². The summed E-state index contributed by atoms with van der Waals surface area (Å²) in [7, 11) is 0. The van der Waals surface area contributed by atoms with Gasteiger partial charge in [0, 0.05) is 6.20 Å². The smallest absolute Gasteiger partial charge is 0.125 e. The third kappa shape index (κ3) is 1.72. The van der Waals surface area contributed by atoms with Crippen LogP contribution >= 0.6 is 0 Å². The van der Waals surface area contributed by atoms with Crippen molar-refractivity contribution in [2.24, 2.45) is 16.6 Å². The minimum absolute atomic E-state index is 0.0603. The predicted molar refractivity (Wildman–Crippen MR) is 68.1 cm³/mol.